The maximum absolute atomic E-state index is 12.3. The van der Waals surface area contributed by atoms with Crippen LogP contribution in [-0.4, -0.2) is 64.4 Å². The molecular weight excluding hydrogens is 392 g/mol. The first-order chi connectivity index (χ1) is 13.9. The molecule has 0 aromatic carbocycles. The quantitative estimate of drug-likeness (QED) is 0.549. The molecule has 9 nitrogen and oxygen atoms in total. The first-order valence-electron chi connectivity index (χ1n) is 9.29. The van der Waals surface area contributed by atoms with E-state index >= 15 is 0 Å². The van der Waals surface area contributed by atoms with Gasteiger partial charge in [-0.2, -0.15) is 0 Å². The number of imidazole rings is 1. The second-order valence-electron chi connectivity index (χ2n) is 7.22. The molecule has 5 heterocycles. The van der Waals surface area contributed by atoms with Crippen LogP contribution < -0.4 is 4.90 Å². The van der Waals surface area contributed by atoms with Gasteiger partial charge in [0.05, 0.1) is 42.7 Å². The number of fused-ring (bicyclic) bond motifs is 2. The Balaban J connectivity index is 1.82. The van der Waals surface area contributed by atoms with E-state index < -0.39 is 10.0 Å². The fourth-order valence-electron chi connectivity index (χ4n) is 3.86. The van der Waals surface area contributed by atoms with Gasteiger partial charge in [0.1, 0.15) is 0 Å². The Kier molecular flexibility index (Phi) is 4.07. The molecule has 1 aliphatic heterocycles. The first-order valence-corrected chi connectivity index (χ1v) is 11.1. The van der Waals surface area contributed by atoms with E-state index in [9.17, 15) is 8.42 Å². The van der Waals surface area contributed by atoms with E-state index in [1.807, 2.05) is 18.2 Å². The number of aromatic nitrogens is 5. The van der Waals surface area contributed by atoms with Crippen LogP contribution in [0.2, 0.25) is 0 Å². The Bertz CT molecular complexity index is 1330. The van der Waals surface area contributed by atoms with Crippen molar-refractivity contribution in [1.29, 1.82) is 0 Å². The average molecular weight is 412 g/mol. The lowest BCUT2D eigenvalue weighted by atomic mass is 10.1. The summed E-state index contributed by atoms with van der Waals surface area (Å²) in [5.74, 6) is 0. The van der Waals surface area contributed by atoms with Crippen molar-refractivity contribution < 1.29 is 13.2 Å². The molecule has 0 unspecified atom stereocenters. The maximum atomic E-state index is 12.3. The van der Waals surface area contributed by atoms with Crippen molar-refractivity contribution in [3.8, 4) is 11.3 Å². The lowest BCUT2D eigenvalue weighted by Crippen LogP contribution is -2.43. The Morgan fingerprint density at radius 1 is 1.28 bits per heavy atom. The van der Waals surface area contributed by atoms with Gasteiger partial charge in [-0.15, -0.1) is 0 Å². The summed E-state index contributed by atoms with van der Waals surface area (Å²) in [6, 6.07) is 5.83. The molecule has 150 valence electrons. The lowest BCUT2D eigenvalue weighted by Gasteiger charge is -2.35. The minimum atomic E-state index is -3.50. The van der Waals surface area contributed by atoms with Crippen molar-refractivity contribution in [3.63, 3.8) is 0 Å². The van der Waals surface area contributed by atoms with E-state index in [1.54, 1.807) is 18.7 Å². The molecule has 4 aromatic rings. The van der Waals surface area contributed by atoms with Crippen molar-refractivity contribution >= 4 is 37.9 Å². The molecule has 1 atom stereocenters. The highest BCUT2D eigenvalue weighted by Crippen LogP contribution is 2.35. The highest BCUT2D eigenvalue weighted by molar-refractivity contribution is 7.89. The Morgan fingerprint density at radius 2 is 2.14 bits per heavy atom. The molecule has 1 fully saturated rings. The predicted molar refractivity (Wildman–Crippen MR) is 110 cm³/mol. The number of anilines is 1. The lowest BCUT2D eigenvalue weighted by molar-refractivity contribution is 0.0991. The van der Waals surface area contributed by atoms with Gasteiger partial charge in [-0.3, -0.25) is 0 Å². The molecule has 0 amide bonds. The highest BCUT2D eigenvalue weighted by atomic mass is 32.2. The summed E-state index contributed by atoms with van der Waals surface area (Å²) >= 11 is 0. The molecule has 29 heavy (non-hydrogen) atoms. The van der Waals surface area contributed by atoms with Crippen molar-refractivity contribution in [2.75, 3.05) is 30.9 Å². The van der Waals surface area contributed by atoms with Crippen LogP contribution in [0.4, 0.5) is 5.69 Å². The minimum Gasteiger partial charge on any atom is -0.377 e. The van der Waals surface area contributed by atoms with Gasteiger partial charge in [-0.05, 0) is 25.1 Å². The molecule has 1 N–H and O–H groups in total. The van der Waals surface area contributed by atoms with Crippen LogP contribution in [0.15, 0.2) is 36.9 Å². The zero-order valence-electron chi connectivity index (χ0n) is 16.0. The number of aromatic amines is 1. The van der Waals surface area contributed by atoms with Gasteiger partial charge < -0.3 is 14.6 Å². The standard InChI is InChI=1S/C19H20N6O3S/c1-12-10-28-8-7-24(12)16-9-15(13-3-5-20-18-17(13)21-11-22-18)23-19-14(16)4-6-25(19)29(2,26)27/h3-6,9,11-12H,7-8,10H2,1-2H3,(H,20,21,22)/t12-/m1/s1. The minimum absolute atomic E-state index is 0.161. The number of nitrogens with one attached hydrogen (secondary N) is 1. The molecule has 0 radical (unpaired) electrons. The third-order valence-corrected chi connectivity index (χ3v) is 6.25. The van der Waals surface area contributed by atoms with E-state index in [0.717, 1.165) is 28.7 Å². The van der Waals surface area contributed by atoms with E-state index in [-0.39, 0.29) is 6.04 Å². The van der Waals surface area contributed by atoms with Crippen molar-refractivity contribution in [3.05, 3.63) is 36.9 Å². The summed E-state index contributed by atoms with van der Waals surface area (Å²) in [6.45, 7) is 4.06. The highest BCUT2D eigenvalue weighted by Gasteiger charge is 2.25. The van der Waals surface area contributed by atoms with Crippen LogP contribution in [0.1, 0.15) is 6.92 Å². The molecule has 0 spiro atoms. The second kappa shape index (κ2) is 6.53. The van der Waals surface area contributed by atoms with Gasteiger partial charge in [-0.1, -0.05) is 0 Å². The van der Waals surface area contributed by atoms with Crippen LogP contribution >= 0.6 is 0 Å². The largest absolute Gasteiger partial charge is 0.377 e. The number of rotatable bonds is 3. The summed E-state index contributed by atoms with van der Waals surface area (Å²) in [6.07, 6.45) is 6.00. The van der Waals surface area contributed by atoms with Crippen molar-refractivity contribution in [1.82, 2.24) is 23.9 Å². The number of ether oxygens (including phenoxy) is 1. The van der Waals surface area contributed by atoms with Crippen molar-refractivity contribution in [2.45, 2.75) is 13.0 Å². The zero-order chi connectivity index (χ0) is 20.2. The van der Waals surface area contributed by atoms with E-state index in [4.69, 9.17) is 9.72 Å². The number of hydrogen-bond donors (Lipinski definition) is 1. The number of pyridine rings is 2. The van der Waals surface area contributed by atoms with Gasteiger partial charge in [0.15, 0.2) is 11.3 Å². The Labute approximate surface area is 167 Å². The van der Waals surface area contributed by atoms with Crippen LogP contribution in [0.5, 0.6) is 0 Å². The van der Waals surface area contributed by atoms with Gasteiger partial charge in [0.2, 0.25) is 10.0 Å². The van der Waals surface area contributed by atoms with Gasteiger partial charge in [0, 0.05) is 35.9 Å². The number of nitrogens with zero attached hydrogens (tertiary/aromatic N) is 5. The monoisotopic (exact) mass is 412 g/mol. The first kappa shape index (κ1) is 18.1. The summed E-state index contributed by atoms with van der Waals surface area (Å²) < 4.78 is 31.5. The maximum Gasteiger partial charge on any atom is 0.237 e. The van der Waals surface area contributed by atoms with Crippen molar-refractivity contribution in [2.24, 2.45) is 0 Å². The van der Waals surface area contributed by atoms with E-state index in [1.165, 1.54) is 10.2 Å². The summed E-state index contributed by atoms with van der Waals surface area (Å²) in [4.78, 5) is 18.6. The van der Waals surface area contributed by atoms with Gasteiger partial charge in [0.25, 0.3) is 0 Å². The molecule has 1 saturated heterocycles. The smallest absolute Gasteiger partial charge is 0.237 e. The Hall–Kier alpha value is -2.98. The number of H-pyrrole nitrogens is 1. The fourth-order valence-corrected chi connectivity index (χ4v) is 4.60. The molecule has 4 aromatic heterocycles. The van der Waals surface area contributed by atoms with Gasteiger partial charge in [-0.25, -0.2) is 27.3 Å². The van der Waals surface area contributed by atoms with Gasteiger partial charge >= 0.3 is 0 Å². The molecule has 0 saturated carbocycles. The third kappa shape index (κ3) is 2.95. The summed E-state index contributed by atoms with van der Waals surface area (Å²) in [5.41, 5.74) is 4.17. The average Bonchev–Trinajstić information content (AvgIpc) is 3.34. The topological polar surface area (TPSA) is 106 Å². The van der Waals surface area contributed by atoms with Crippen LogP contribution in [0.25, 0.3) is 33.5 Å². The molecule has 5 rings (SSSR count). The number of morpholine rings is 1. The van der Waals surface area contributed by atoms with Crippen LogP contribution in [-0.2, 0) is 14.8 Å². The summed E-state index contributed by atoms with van der Waals surface area (Å²) in [5, 5.41) is 0.794. The van der Waals surface area contributed by atoms with Crippen LogP contribution in [0, 0.1) is 0 Å². The van der Waals surface area contributed by atoms with Crippen LogP contribution in [0.3, 0.4) is 0 Å². The normalized spacial score (nSPS) is 18.0. The fraction of sp³-hybridized carbons (Fsp3) is 0.316. The SMILES string of the molecule is C[C@@H]1COCCN1c1cc(-c2ccnc3nc[nH]c23)nc2c1ccn2S(C)(=O)=O. The van der Waals surface area contributed by atoms with E-state index in [0.29, 0.717) is 30.2 Å². The molecular formula is C19H20N6O3S. The molecule has 0 aliphatic carbocycles. The van der Waals surface area contributed by atoms with E-state index in [2.05, 4.69) is 26.8 Å². The molecule has 0 bridgehead atoms. The molecule has 1 aliphatic rings. The predicted octanol–water partition coefficient (Wildman–Crippen LogP) is 2.01. The number of hydrogen-bond acceptors (Lipinski definition) is 7. The zero-order valence-corrected chi connectivity index (χ0v) is 16.8. The molecule has 10 heteroatoms. The second-order valence-corrected chi connectivity index (χ2v) is 9.07. The third-order valence-electron chi connectivity index (χ3n) is 5.24. The Morgan fingerprint density at radius 3 is 2.93 bits per heavy atom. The summed E-state index contributed by atoms with van der Waals surface area (Å²) in [7, 11) is -3.50.